The Balaban J connectivity index is 1.09. The Hall–Kier alpha value is -6.65. The lowest BCUT2D eigenvalue weighted by molar-refractivity contribution is 0.0686. The first-order valence-electron chi connectivity index (χ1n) is 20.3. The van der Waals surface area contributed by atoms with E-state index in [1.54, 1.807) is 66.7 Å². The maximum absolute atomic E-state index is 14.5. The maximum atomic E-state index is 14.5. The molecule has 1 heterocycles. The summed E-state index contributed by atoms with van der Waals surface area (Å²) in [5, 5.41) is 1.22. The fraction of sp³-hybridized carbons (Fsp3) is 0.200. The first kappa shape index (κ1) is 40.1. The summed E-state index contributed by atoms with van der Waals surface area (Å²) < 4.78 is 42.9. The van der Waals surface area contributed by atoms with Crippen LogP contribution in [0, 0.1) is 0 Å². The second-order valence-corrected chi connectivity index (χ2v) is 16.9. The van der Waals surface area contributed by atoms with Crippen molar-refractivity contribution in [3.63, 3.8) is 0 Å². The fourth-order valence-electron chi connectivity index (χ4n) is 7.73. The zero-order chi connectivity index (χ0) is 41.3. The van der Waals surface area contributed by atoms with Gasteiger partial charge in [-0.25, -0.2) is 8.42 Å². The van der Waals surface area contributed by atoms with Crippen LogP contribution in [0.5, 0.6) is 11.5 Å². The first-order valence-corrected chi connectivity index (χ1v) is 21.9. The van der Waals surface area contributed by atoms with E-state index < -0.39 is 10.0 Å². The lowest BCUT2D eigenvalue weighted by Gasteiger charge is -2.28. The van der Waals surface area contributed by atoms with Crippen LogP contribution in [0.25, 0.3) is 10.9 Å². The number of H-pyrrole nitrogens is 1. The predicted octanol–water partition coefficient (Wildman–Crippen LogP) is 9.57. The van der Waals surface area contributed by atoms with Gasteiger partial charge in [-0.1, -0.05) is 109 Å². The highest BCUT2D eigenvalue weighted by atomic mass is 32.2. The number of aromatic nitrogens is 1. The fourth-order valence-corrected chi connectivity index (χ4v) is 9.28. The Kier molecular flexibility index (Phi) is 12.4. The highest BCUT2D eigenvalue weighted by Gasteiger charge is 2.29. The number of aryl methyl sites for hydroxylation is 2. The Labute approximate surface area is 351 Å². The third-order valence-corrected chi connectivity index (χ3v) is 12.5. The van der Waals surface area contributed by atoms with Crippen molar-refractivity contribution in [3.05, 3.63) is 197 Å². The number of amides is 1. The average molecular weight is 818 g/mol. The molecule has 1 aliphatic rings. The quantitative estimate of drug-likeness (QED) is 0.0918. The number of sulfonamides is 1. The smallest absolute Gasteiger partial charge is 0.254 e. The second kappa shape index (κ2) is 18.5. The summed E-state index contributed by atoms with van der Waals surface area (Å²) >= 11 is 0. The Bertz CT molecular complexity index is 2670. The van der Waals surface area contributed by atoms with Gasteiger partial charge in [0.1, 0.15) is 24.7 Å². The van der Waals surface area contributed by atoms with Gasteiger partial charge in [0.25, 0.3) is 5.91 Å². The standard InChI is InChI=1S/C50H47N3O6S/c54-48(34-52(50(55)40-21-11-4-12-22-40)29-30-58-42-26-27-44-43-23-13-14-24-45(43)51-46(44)32-42)41-25-28-49(59-35-38-17-7-2-8-18-38)47(31-41)53(33-37-15-5-1-6-16-37)60(56,57)36-39-19-9-3-10-20-39/h1-12,15-22,25-28,31-32,51H,13-14,23-24,29-30,33-36H2. The number of ketones is 1. The number of anilines is 1. The van der Waals surface area contributed by atoms with Gasteiger partial charge in [0.2, 0.25) is 10.0 Å². The molecule has 0 fully saturated rings. The number of fused-ring (bicyclic) bond motifs is 3. The van der Waals surface area contributed by atoms with Crippen LogP contribution in [-0.2, 0) is 41.8 Å². The minimum absolute atomic E-state index is 0.00219. The zero-order valence-corrected chi connectivity index (χ0v) is 34.2. The van der Waals surface area contributed by atoms with Gasteiger partial charge in [0, 0.05) is 33.8 Å². The molecule has 1 aliphatic carbocycles. The molecule has 1 aromatic heterocycles. The number of nitrogens with one attached hydrogen (secondary N) is 1. The lowest BCUT2D eigenvalue weighted by Crippen LogP contribution is -2.38. The molecule has 8 rings (SSSR count). The molecule has 0 radical (unpaired) electrons. The SMILES string of the molecule is O=C(CN(CCOc1ccc2c3c([nH]c2c1)CCCC3)C(=O)c1ccccc1)c1ccc(OCc2ccccc2)c(N(Cc2ccccc2)S(=O)(=O)Cc2ccccc2)c1. The van der Waals surface area contributed by atoms with Crippen LogP contribution in [-0.4, -0.2) is 49.7 Å². The van der Waals surface area contributed by atoms with Crippen LogP contribution in [0.3, 0.4) is 0 Å². The van der Waals surface area contributed by atoms with E-state index in [0.717, 1.165) is 29.5 Å². The van der Waals surface area contributed by atoms with Gasteiger partial charge in [-0.2, -0.15) is 0 Å². The van der Waals surface area contributed by atoms with E-state index in [0.29, 0.717) is 22.6 Å². The number of carbonyl (C=O) groups is 2. The molecule has 0 saturated carbocycles. The topological polar surface area (TPSA) is 109 Å². The van der Waals surface area contributed by atoms with E-state index in [4.69, 9.17) is 9.47 Å². The van der Waals surface area contributed by atoms with Crippen molar-refractivity contribution in [2.24, 2.45) is 0 Å². The molecule has 0 bridgehead atoms. The summed E-state index contributed by atoms with van der Waals surface area (Å²) in [5.41, 5.74) is 6.89. The lowest BCUT2D eigenvalue weighted by atomic mass is 9.96. The molecule has 60 heavy (non-hydrogen) atoms. The zero-order valence-electron chi connectivity index (χ0n) is 33.3. The average Bonchev–Trinajstić information content (AvgIpc) is 3.66. The Morgan fingerprint density at radius 3 is 2.02 bits per heavy atom. The number of Topliss-reactive ketones (excluding diaryl/α,β-unsaturated/α-hetero) is 1. The van der Waals surface area contributed by atoms with Crippen LogP contribution >= 0.6 is 0 Å². The van der Waals surface area contributed by atoms with Crippen molar-refractivity contribution in [1.82, 2.24) is 9.88 Å². The van der Waals surface area contributed by atoms with Crippen molar-refractivity contribution in [2.75, 3.05) is 24.0 Å². The highest BCUT2D eigenvalue weighted by molar-refractivity contribution is 7.92. The minimum Gasteiger partial charge on any atom is -0.492 e. The third-order valence-electron chi connectivity index (χ3n) is 10.8. The Morgan fingerprint density at radius 2 is 1.30 bits per heavy atom. The molecule has 304 valence electrons. The molecule has 0 aliphatic heterocycles. The molecule has 0 unspecified atom stereocenters. The number of hydrogen-bond acceptors (Lipinski definition) is 6. The van der Waals surface area contributed by atoms with Gasteiger partial charge in [0.15, 0.2) is 5.78 Å². The van der Waals surface area contributed by atoms with E-state index in [-0.39, 0.29) is 61.5 Å². The summed E-state index contributed by atoms with van der Waals surface area (Å²) in [6.45, 7) is 0.200. The normalized spacial score (nSPS) is 12.4. The largest absolute Gasteiger partial charge is 0.492 e. The van der Waals surface area contributed by atoms with Gasteiger partial charge in [-0.15, -0.1) is 0 Å². The Morgan fingerprint density at radius 1 is 0.650 bits per heavy atom. The number of aromatic amines is 1. The van der Waals surface area contributed by atoms with Gasteiger partial charge >= 0.3 is 0 Å². The number of hydrogen-bond donors (Lipinski definition) is 1. The van der Waals surface area contributed by atoms with Crippen molar-refractivity contribution < 1.29 is 27.5 Å². The van der Waals surface area contributed by atoms with Crippen molar-refractivity contribution in [1.29, 1.82) is 0 Å². The van der Waals surface area contributed by atoms with E-state index in [9.17, 15) is 18.0 Å². The van der Waals surface area contributed by atoms with Crippen molar-refractivity contribution >= 4 is 38.3 Å². The molecule has 9 nitrogen and oxygen atoms in total. The van der Waals surface area contributed by atoms with Crippen LogP contribution < -0.4 is 13.8 Å². The first-order chi connectivity index (χ1) is 29.3. The molecule has 0 spiro atoms. The molecular formula is C50H47N3O6S. The van der Waals surface area contributed by atoms with Gasteiger partial charge in [-0.3, -0.25) is 13.9 Å². The summed E-state index contributed by atoms with van der Waals surface area (Å²) in [6.07, 6.45) is 4.48. The van der Waals surface area contributed by atoms with Crippen LogP contribution in [0.1, 0.15) is 61.5 Å². The van der Waals surface area contributed by atoms with Gasteiger partial charge in [0.05, 0.1) is 31.1 Å². The van der Waals surface area contributed by atoms with E-state index in [2.05, 4.69) is 11.1 Å². The van der Waals surface area contributed by atoms with E-state index >= 15 is 0 Å². The highest BCUT2D eigenvalue weighted by Crippen LogP contribution is 2.35. The van der Waals surface area contributed by atoms with Crippen LogP contribution in [0.15, 0.2) is 158 Å². The number of benzene rings is 6. The summed E-state index contributed by atoms with van der Waals surface area (Å²) in [6, 6.07) is 47.6. The second-order valence-electron chi connectivity index (χ2n) is 15.1. The molecular weight excluding hydrogens is 771 g/mol. The number of carbonyl (C=O) groups excluding carboxylic acids is 2. The molecule has 0 atom stereocenters. The maximum Gasteiger partial charge on any atom is 0.254 e. The molecule has 0 saturated heterocycles. The molecule has 1 amide bonds. The molecule has 7 aromatic rings. The van der Waals surface area contributed by atoms with Gasteiger partial charge < -0.3 is 19.4 Å². The molecule has 6 aromatic carbocycles. The minimum atomic E-state index is -4.04. The molecule has 1 N–H and O–H groups in total. The predicted molar refractivity (Wildman–Crippen MR) is 236 cm³/mol. The summed E-state index contributed by atoms with van der Waals surface area (Å²) in [7, 11) is -4.04. The van der Waals surface area contributed by atoms with Crippen LogP contribution in [0.4, 0.5) is 5.69 Å². The number of ether oxygens (including phenoxy) is 2. The summed E-state index contributed by atoms with van der Waals surface area (Å²) in [5.74, 6) is 0.0157. The monoisotopic (exact) mass is 817 g/mol. The van der Waals surface area contributed by atoms with Gasteiger partial charge in [-0.05, 0) is 90.4 Å². The van der Waals surface area contributed by atoms with Crippen molar-refractivity contribution in [3.8, 4) is 11.5 Å². The third kappa shape index (κ3) is 9.62. The molecule has 10 heteroatoms. The van der Waals surface area contributed by atoms with E-state index in [1.165, 1.54) is 38.7 Å². The van der Waals surface area contributed by atoms with E-state index in [1.807, 2.05) is 84.9 Å². The van der Waals surface area contributed by atoms with Crippen LogP contribution in [0.2, 0.25) is 0 Å². The summed E-state index contributed by atoms with van der Waals surface area (Å²) in [4.78, 5) is 33.4. The number of nitrogens with zero attached hydrogens (tertiary/aromatic N) is 2. The number of rotatable bonds is 17. The van der Waals surface area contributed by atoms with Crippen molar-refractivity contribution in [2.45, 2.75) is 44.6 Å².